The zero-order valence-corrected chi connectivity index (χ0v) is 13.5. The van der Waals surface area contributed by atoms with E-state index in [2.05, 4.69) is 60.8 Å². The van der Waals surface area contributed by atoms with Crippen LogP contribution in [0.1, 0.15) is 36.1 Å². The van der Waals surface area contributed by atoms with Crippen molar-refractivity contribution < 1.29 is 0 Å². The van der Waals surface area contributed by atoms with E-state index in [0.29, 0.717) is 6.04 Å². The highest BCUT2D eigenvalue weighted by atomic mass is 32.2. The Hall–Kier alpha value is -1.25. The summed E-state index contributed by atoms with van der Waals surface area (Å²) < 4.78 is 0. The number of aryl methyl sites for hydroxylation is 2. The molecule has 1 N–H and O–H groups in total. The van der Waals surface area contributed by atoms with Crippen molar-refractivity contribution in [2.24, 2.45) is 0 Å². The van der Waals surface area contributed by atoms with Gasteiger partial charge in [0.1, 0.15) is 0 Å². The fraction of sp³-hybridized carbons (Fsp3) is 0.368. The molecule has 0 aromatic heterocycles. The van der Waals surface area contributed by atoms with Crippen molar-refractivity contribution >= 4 is 11.8 Å². The minimum atomic E-state index is 0.437. The molecule has 0 bridgehead atoms. The maximum absolute atomic E-state index is 3.64. The Balaban J connectivity index is 1.47. The van der Waals surface area contributed by atoms with Crippen molar-refractivity contribution in [1.82, 2.24) is 5.32 Å². The van der Waals surface area contributed by atoms with Crippen molar-refractivity contribution in [2.45, 2.75) is 37.1 Å². The fourth-order valence-corrected chi connectivity index (χ4v) is 3.75. The average Bonchev–Trinajstić information content (AvgIpc) is 3.00. The molecular formula is C19H23NS. The first-order valence-electron chi connectivity index (χ1n) is 7.86. The van der Waals surface area contributed by atoms with E-state index in [-0.39, 0.29) is 0 Å². The molecule has 1 nitrogen and oxygen atoms in total. The molecule has 0 saturated heterocycles. The van der Waals surface area contributed by atoms with Crippen LogP contribution in [0, 0.1) is 0 Å². The largest absolute Gasteiger partial charge is 0.309 e. The highest BCUT2D eigenvalue weighted by molar-refractivity contribution is 7.99. The molecule has 0 heterocycles. The van der Waals surface area contributed by atoms with Crippen LogP contribution < -0.4 is 5.32 Å². The molecular weight excluding hydrogens is 274 g/mol. The number of nitrogens with one attached hydrogen (secondary N) is 1. The molecule has 1 aliphatic carbocycles. The summed E-state index contributed by atoms with van der Waals surface area (Å²) in [5.74, 6) is 1.11. The second kappa shape index (κ2) is 7.15. The number of thioether (sulfide) groups is 1. The van der Waals surface area contributed by atoms with Gasteiger partial charge < -0.3 is 5.32 Å². The topological polar surface area (TPSA) is 12.0 Å². The van der Waals surface area contributed by atoms with Gasteiger partial charge in [-0.25, -0.2) is 0 Å². The first kappa shape index (κ1) is 14.7. The molecule has 2 aromatic rings. The number of hydrogen-bond donors (Lipinski definition) is 1. The highest BCUT2D eigenvalue weighted by Gasteiger charge is 2.13. The van der Waals surface area contributed by atoms with Crippen LogP contribution in [-0.4, -0.2) is 12.3 Å². The molecule has 0 aliphatic heterocycles. The molecule has 1 atom stereocenters. The second-order valence-corrected chi connectivity index (χ2v) is 6.89. The Morgan fingerprint density at radius 2 is 1.86 bits per heavy atom. The van der Waals surface area contributed by atoms with Crippen LogP contribution in [0.25, 0.3) is 0 Å². The van der Waals surface area contributed by atoms with Gasteiger partial charge in [-0.2, -0.15) is 0 Å². The van der Waals surface area contributed by atoms with Crippen molar-refractivity contribution in [3.05, 3.63) is 65.2 Å². The molecule has 21 heavy (non-hydrogen) atoms. The molecule has 0 spiro atoms. The van der Waals surface area contributed by atoms with Gasteiger partial charge in [0.05, 0.1) is 0 Å². The number of hydrogen-bond acceptors (Lipinski definition) is 2. The lowest BCUT2D eigenvalue weighted by Gasteiger charge is -2.15. The van der Waals surface area contributed by atoms with E-state index in [1.54, 1.807) is 11.1 Å². The van der Waals surface area contributed by atoms with Crippen LogP contribution in [0.3, 0.4) is 0 Å². The SMILES string of the molecule is CC(NCCSc1ccccc1)c1ccc2c(c1)CCC2. The van der Waals surface area contributed by atoms with E-state index in [1.807, 2.05) is 11.8 Å². The predicted molar refractivity (Wildman–Crippen MR) is 92.1 cm³/mol. The lowest BCUT2D eigenvalue weighted by atomic mass is 10.0. The summed E-state index contributed by atoms with van der Waals surface area (Å²) in [6.45, 7) is 3.31. The van der Waals surface area contributed by atoms with Gasteiger partial charge in [-0.1, -0.05) is 36.4 Å². The summed E-state index contributed by atoms with van der Waals surface area (Å²) >= 11 is 1.92. The van der Waals surface area contributed by atoms with Gasteiger partial charge in [-0.05, 0) is 55.0 Å². The van der Waals surface area contributed by atoms with Gasteiger partial charge in [-0.15, -0.1) is 11.8 Å². The Morgan fingerprint density at radius 1 is 1.05 bits per heavy atom. The number of fused-ring (bicyclic) bond motifs is 1. The third kappa shape index (κ3) is 3.90. The van der Waals surface area contributed by atoms with Gasteiger partial charge in [0.2, 0.25) is 0 Å². The van der Waals surface area contributed by atoms with Crippen LogP contribution in [-0.2, 0) is 12.8 Å². The minimum Gasteiger partial charge on any atom is -0.309 e. The first-order valence-corrected chi connectivity index (χ1v) is 8.84. The smallest absolute Gasteiger partial charge is 0.0292 e. The van der Waals surface area contributed by atoms with E-state index in [9.17, 15) is 0 Å². The summed E-state index contributed by atoms with van der Waals surface area (Å²) in [5.41, 5.74) is 4.56. The van der Waals surface area contributed by atoms with E-state index in [0.717, 1.165) is 12.3 Å². The van der Waals surface area contributed by atoms with Crippen LogP contribution in [0.5, 0.6) is 0 Å². The first-order chi connectivity index (χ1) is 10.3. The normalized spacial score (nSPS) is 14.9. The van der Waals surface area contributed by atoms with E-state index < -0.39 is 0 Å². The quantitative estimate of drug-likeness (QED) is 0.617. The van der Waals surface area contributed by atoms with Crippen LogP contribution in [0.15, 0.2) is 53.4 Å². The number of benzene rings is 2. The third-order valence-electron chi connectivity index (χ3n) is 4.19. The molecule has 0 saturated carbocycles. The summed E-state index contributed by atoms with van der Waals surface area (Å²) in [5, 5.41) is 3.64. The van der Waals surface area contributed by atoms with E-state index in [1.165, 1.54) is 29.7 Å². The molecule has 2 aromatic carbocycles. The van der Waals surface area contributed by atoms with Crippen molar-refractivity contribution in [3.8, 4) is 0 Å². The van der Waals surface area contributed by atoms with Gasteiger partial charge >= 0.3 is 0 Å². The Kier molecular flexibility index (Phi) is 5.00. The Morgan fingerprint density at radius 3 is 2.71 bits per heavy atom. The predicted octanol–water partition coefficient (Wildman–Crippen LogP) is 4.62. The Labute approximate surface area is 132 Å². The lowest BCUT2D eigenvalue weighted by Crippen LogP contribution is -2.21. The van der Waals surface area contributed by atoms with Crippen LogP contribution in [0.4, 0.5) is 0 Å². The molecule has 2 heteroatoms. The maximum Gasteiger partial charge on any atom is 0.0292 e. The molecule has 1 unspecified atom stereocenters. The summed E-state index contributed by atoms with van der Waals surface area (Å²) in [6, 6.07) is 18.1. The average molecular weight is 297 g/mol. The summed E-state index contributed by atoms with van der Waals surface area (Å²) in [6.07, 6.45) is 3.86. The van der Waals surface area contributed by atoms with Crippen molar-refractivity contribution in [3.63, 3.8) is 0 Å². The standard InChI is InChI=1S/C19H23NS/c1-15(17-11-10-16-6-5-7-18(16)14-17)20-12-13-21-19-8-3-2-4-9-19/h2-4,8-11,14-15,20H,5-7,12-13H2,1H3. The van der Waals surface area contributed by atoms with Crippen LogP contribution in [0.2, 0.25) is 0 Å². The number of rotatable bonds is 6. The second-order valence-electron chi connectivity index (χ2n) is 5.72. The van der Waals surface area contributed by atoms with Crippen molar-refractivity contribution in [1.29, 1.82) is 0 Å². The molecule has 0 radical (unpaired) electrons. The summed E-state index contributed by atoms with van der Waals surface area (Å²) in [7, 11) is 0. The van der Waals surface area contributed by atoms with Gasteiger partial charge in [0.15, 0.2) is 0 Å². The fourth-order valence-electron chi connectivity index (χ4n) is 2.94. The summed E-state index contributed by atoms with van der Waals surface area (Å²) in [4.78, 5) is 1.35. The molecule has 0 fully saturated rings. The monoisotopic (exact) mass is 297 g/mol. The minimum absolute atomic E-state index is 0.437. The molecule has 0 amide bonds. The van der Waals surface area contributed by atoms with Crippen molar-refractivity contribution in [2.75, 3.05) is 12.3 Å². The zero-order valence-electron chi connectivity index (χ0n) is 12.6. The molecule has 1 aliphatic rings. The molecule has 110 valence electrons. The van der Waals surface area contributed by atoms with E-state index >= 15 is 0 Å². The lowest BCUT2D eigenvalue weighted by molar-refractivity contribution is 0.601. The zero-order chi connectivity index (χ0) is 14.5. The Bertz CT molecular complexity index is 579. The van der Waals surface area contributed by atoms with Gasteiger partial charge in [0.25, 0.3) is 0 Å². The highest BCUT2D eigenvalue weighted by Crippen LogP contribution is 2.25. The molecule has 3 rings (SSSR count). The van der Waals surface area contributed by atoms with Gasteiger partial charge in [-0.3, -0.25) is 0 Å². The van der Waals surface area contributed by atoms with Gasteiger partial charge in [0, 0.05) is 23.2 Å². The third-order valence-corrected chi connectivity index (χ3v) is 5.20. The van der Waals surface area contributed by atoms with E-state index in [4.69, 9.17) is 0 Å². The van der Waals surface area contributed by atoms with Crippen LogP contribution >= 0.6 is 11.8 Å². The maximum atomic E-state index is 3.64.